The molecule has 0 spiro atoms. The summed E-state index contributed by atoms with van der Waals surface area (Å²) in [6.07, 6.45) is 0. The minimum atomic E-state index is 0.123. The van der Waals surface area contributed by atoms with Crippen LogP contribution < -0.4 is 0 Å². The molecule has 0 aromatic heterocycles. The SMILES string of the molecule is CC(=O)C(C)N1CC(C)C(C)C1. The minimum Gasteiger partial charge on any atom is -0.298 e. The second-order valence-electron chi connectivity index (χ2n) is 4.20. The highest BCUT2D eigenvalue weighted by atomic mass is 16.1. The molecule has 1 rings (SSSR count). The van der Waals surface area contributed by atoms with Crippen LogP contribution in [0.15, 0.2) is 0 Å². The van der Waals surface area contributed by atoms with Crippen LogP contribution in [0.3, 0.4) is 0 Å². The number of nitrogens with zero attached hydrogens (tertiary/aromatic N) is 1. The van der Waals surface area contributed by atoms with E-state index in [0.717, 1.165) is 24.9 Å². The third-order valence-corrected chi connectivity index (χ3v) is 3.15. The van der Waals surface area contributed by atoms with Gasteiger partial charge in [0.2, 0.25) is 0 Å². The van der Waals surface area contributed by atoms with Crippen LogP contribution in [0.2, 0.25) is 0 Å². The Balaban J connectivity index is 2.51. The normalized spacial score (nSPS) is 33.7. The van der Waals surface area contributed by atoms with Crippen molar-refractivity contribution in [1.82, 2.24) is 4.90 Å². The highest BCUT2D eigenvalue weighted by Crippen LogP contribution is 2.23. The van der Waals surface area contributed by atoms with E-state index in [1.54, 1.807) is 6.92 Å². The summed E-state index contributed by atoms with van der Waals surface area (Å²) in [6, 6.07) is 0.123. The molecule has 2 heteroatoms. The van der Waals surface area contributed by atoms with Crippen LogP contribution in [0.4, 0.5) is 0 Å². The molecule has 1 saturated heterocycles. The van der Waals surface area contributed by atoms with Crippen molar-refractivity contribution in [2.75, 3.05) is 13.1 Å². The first-order valence-corrected chi connectivity index (χ1v) is 4.77. The van der Waals surface area contributed by atoms with E-state index in [0.29, 0.717) is 0 Å². The summed E-state index contributed by atoms with van der Waals surface area (Å²) in [5.74, 6) is 1.77. The lowest BCUT2D eigenvalue weighted by Crippen LogP contribution is -2.36. The first-order valence-electron chi connectivity index (χ1n) is 4.77. The molecule has 1 aliphatic heterocycles. The monoisotopic (exact) mass is 169 g/mol. The van der Waals surface area contributed by atoms with Gasteiger partial charge in [-0.25, -0.2) is 0 Å². The number of Topliss-reactive ketones (excluding diaryl/α,β-unsaturated/α-hetero) is 1. The standard InChI is InChI=1S/C10H19NO/c1-7-5-11(6-8(7)2)9(3)10(4)12/h7-9H,5-6H2,1-4H3. The number of likely N-dealkylation sites (tertiary alicyclic amines) is 1. The quantitative estimate of drug-likeness (QED) is 0.625. The van der Waals surface area contributed by atoms with E-state index in [2.05, 4.69) is 18.7 Å². The lowest BCUT2D eigenvalue weighted by Gasteiger charge is -2.21. The molecule has 3 atom stereocenters. The average Bonchev–Trinajstić information content (AvgIpc) is 2.30. The van der Waals surface area contributed by atoms with Crippen molar-refractivity contribution in [3.8, 4) is 0 Å². The summed E-state index contributed by atoms with van der Waals surface area (Å²) in [5.41, 5.74) is 0. The van der Waals surface area contributed by atoms with Gasteiger partial charge in [0.15, 0.2) is 0 Å². The summed E-state index contributed by atoms with van der Waals surface area (Å²) < 4.78 is 0. The number of hydrogen-bond acceptors (Lipinski definition) is 2. The molecular formula is C10H19NO. The fourth-order valence-corrected chi connectivity index (χ4v) is 1.75. The van der Waals surface area contributed by atoms with E-state index in [9.17, 15) is 4.79 Å². The Hall–Kier alpha value is -0.370. The van der Waals surface area contributed by atoms with Gasteiger partial charge in [-0.1, -0.05) is 13.8 Å². The molecule has 0 saturated carbocycles. The predicted molar refractivity (Wildman–Crippen MR) is 50.0 cm³/mol. The number of rotatable bonds is 2. The number of carbonyl (C=O) groups is 1. The Bertz CT molecular complexity index is 169. The second-order valence-corrected chi connectivity index (χ2v) is 4.20. The second kappa shape index (κ2) is 3.56. The largest absolute Gasteiger partial charge is 0.298 e. The molecule has 0 radical (unpaired) electrons. The van der Waals surface area contributed by atoms with Gasteiger partial charge in [-0.3, -0.25) is 9.69 Å². The molecule has 0 N–H and O–H groups in total. The number of hydrogen-bond donors (Lipinski definition) is 0. The van der Waals surface area contributed by atoms with Gasteiger partial charge >= 0.3 is 0 Å². The molecule has 3 unspecified atom stereocenters. The van der Waals surface area contributed by atoms with Crippen molar-refractivity contribution in [3.05, 3.63) is 0 Å². The van der Waals surface area contributed by atoms with Crippen LogP contribution in [-0.4, -0.2) is 29.8 Å². The van der Waals surface area contributed by atoms with Gasteiger partial charge in [-0.05, 0) is 25.7 Å². The van der Waals surface area contributed by atoms with E-state index < -0.39 is 0 Å². The van der Waals surface area contributed by atoms with Crippen LogP contribution in [0.25, 0.3) is 0 Å². The fourth-order valence-electron chi connectivity index (χ4n) is 1.75. The van der Waals surface area contributed by atoms with Crippen molar-refractivity contribution in [3.63, 3.8) is 0 Å². The molecule has 0 aromatic carbocycles. The maximum atomic E-state index is 11.1. The van der Waals surface area contributed by atoms with E-state index in [1.165, 1.54) is 0 Å². The van der Waals surface area contributed by atoms with Crippen LogP contribution in [0.1, 0.15) is 27.7 Å². The van der Waals surface area contributed by atoms with Crippen molar-refractivity contribution >= 4 is 5.78 Å². The summed E-state index contributed by atoms with van der Waals surface area (Å²) in [4.78, 5) is 13.4. The summed E-state index contributed by atoms with van der Waals surface area (Å²) in [6.45, 7) is 10.4. The topological polar surface area (TPSA) is 20.3 Å². The molecule has 70 valence electrons. The molecule has 2 nitrogen and oxygen atoms in total. The molecule has 1 aliphatic rings. The Morgan fingerprint density at radius 2 is 1.75 bits per heavy atom. The van der Waals surface area contributed by atoms with Crippen LogP contribution in [-0.2, 0) is 4.79 Å². The minimum absolute atomic E-state index is 0.123. The maximum absolute atomic E-state index is 11.1. The van der Waals surface area contributed by atoms with Gasteiger partial charge in [-0.15, -0.1) is 0 Å². The molecule has 1 heterocycles. The van der Waals surface area contributed by atoms with Crippen molar-refractivity contribution in [2.24, 2.45) is 11.8 Å². The molecule has 0 aromatic rings. The van der Waals surface area contributed by atoms with Crippen LogP contribution in [0, 0.1) is 11.8 Å². The fraction of sp³-hybridized carbons (Fsp3) is 0.900. The lowest BCUT2D eigenvalue weighted by atomic mass is 10.0. The van der Waals surface area contributed by atoms with Gasteiger partial charge in [0.25, 0.3) is 0 Å². The third-order valence-electron chi connectivity index (χ3n) is 3.15. The van der Waals surface area contributed by atoms with Crippen molar-refractivity contribution in [2.45, 2.75) is 33.7 Å². The molecular weight excluding hydrogens is 150 g/mol. The summed E-state index contributed by atoms with van der Waals surface area (Å²) in [5, 5.41) is 0. The first-order chi connectivity index (χ1) is 5.52. The van der Waals surface area contributed by atoms with Gasteiger partial charge in [0.05, 0.1) is 6.04 Å². The Morgan fingerprint density at radius 1 is 1.33 bits per heavy atom. The molecule has 0 aliphatic carbocycles. The molecule has 0 amide bonds. The highest BCUT2D eigenvalue weighted by Gasteiger charge is 2.30. The first kappa shape index (κ1) is 9.72. The highest BCUT2D eigenvalue weighted by molar-refractivity contribution is 5.80. The van der Waals surface area contributed by atoms with Gasteiger partial charge in [0.1, 0.15) is 5.78 Å². The Kier molecular flexibility index (Phi) is 2.89. The van der Waals surface area contributed by atoms with E-state index in [1.807, 2.05) is 6.92 Å². The predicted octanol–water partition coefficient (Wildman–Crippen LogP) is 1.55. The van der Waals surface area contributed by atoms with Crippen LogP contribution in [0.5, 0.6) is 0 Å². The van der Waals surface area contributed by atoms with Gasteiger partial charge in [-0.2, -0.15) is 0 Å². The van der Waals surface area contributed by atoms with E-state index in [4.69, 9.17) is 0 Å². The zero-order valence-electron chi connectivity index (χ0n) is 8.50. The van der Waals surface area contributed by atoms with Crippen LogP contribution >= 0.6 is 0 Å². The molecule has 0 bridgehead atoms. The maximum Gasteiger partial charge on any atom is 0.146 e. The van der Waals surface area contributed by atoms with Crippen molar-refractivity contribution < 1.29 is 4.79 Å². The molecule has 1 fully saturated rings. The van der Waals surface area contributed by atoms with Gasteiger partial charge < -0.3 is 0 Å². The average molecular weight is 169 g/mol. The zero-order chi connectivity index (χ0) is 9.30. The summed E-state index contributed by atoms with van der Waals surface area (Å²) >= 11 is 0. The zero-order valence-corrected chi connectivity index (χ0v) is 8.50. The summed E-state index contributed by atoms with van der Waals surface area (Å²) in [7, 11) is 0. The number of ketones is 1. The Labute approximate surface area is 74.9 Å². The van der Waals surface area contributed by atoms with Crippen molar-refractivity contribution in [1.29, 1.82) is 0 Å². The van der Waals surface area contributed by atoms with E-state index >= 15 is 0 Å². The van der Waals surface area contributed by atoms with Gasteiger partial charge in [0, 0.05) is 13.1 Å². The molecule has 12 heavy (non-hydrogen) atoms. The Morgan fingerprint density at radius 3 is 2.08 bits per heavy atom. The lowest BCUT2D eigenvalue weighted by molar-refractivity contribution is -0.121. The smallest absolute Gasteiger partial charge is 0.146 e. The number of carbonyl (C=O) groups excluding carboxylic acids is 1. The van der Waals surface area contributed by atoms with E-state index in [-0.39, 0.29) is 11.8 Å². The third kappa shape index (κ3) is 1.86.